The summed E-state index contributed by atoms with van der Waals surface area (Å²) in [6.07, 6.45) is -2.80. The molecule has 0 bridgehead atoms. The van der Waals surface area contributed by atoms with E-state index in [9.17, 15) is 13.2 Å². The molecule has 1 fully saturated rings. The van der Waals surface area contributed by atoms with Crippen LogP contribution in [0.15, 0.2) is 10.4 Å². The van der Waals surface area contributed by atoms with Crippen LogP contribution in [0.3, 0.4) is 0 Å². The first kappa shape index (κ1) is 17.1. The maximum absolute atomic E-state index is 12.5. The summed E-state index contributed by atoms with van der Waals surface area (Å²) in [5, 5.41) is 4.75. The highest BCUT2D eigenvalue weighted by Crippen LogP contribution is 2.30. The summed E-state index contributed by atoms with van der Waals surface area (Å²) >= 11 is 1.04. The zero-order chi connectivity index (χ0) is 16.4. The Balaban J connectivity index is 1.84. The van der Waals surface area contributed by atoms with Gasteiger partial charge in [0.15, 0.2) is 11.7 Å². The number of guanidine groups is 1. The monoisotopic (exact) mass is 334 g/mol. The number of alkyl halides is 3. The van der Waals surface area contributed by atoms with Crippen molar-refractivity contribution in [2.24, 2.45) is 10.4 Å². The third-order valence-corrected chi connectivity index (χ3v) is 4.56. The van der Waals surface area contributed by atoms with Gasteiger partial charge < -0.3 is 10.2 Å². The Labute approximate surface area is 132 Å². The summed E-state index contributed by atoms with van der Waals surface area (Å²) in [5.41, 5.74) is -0.535. The van der Waals surface area contributed by atoms with Crippen LogP contribution in [0.25, 0.3) is 0 Å². The van der Waals surface area contributed by atoms with E-state index in [1.807, 2.05) is 0 Å². The van der Waals surface area contributed by atoms with Crippen LogP contribution in [0.2, 0.25) is 0 Å². The van der Waals surface area contributed by atoms with Gasteiger partial charge in [0.25, 0.3) is 0 Å². The lowest BCUT2D eigenvalue weighted by Gasteiger charge is -2.23. The number of rotatable bonds is 3. The molecule has 1 aliphatic heterocycles. The topological polar surface area (TPSA) is 40.5 Å². The fraction of sp³-hybridized carbons (Fsp3) is 0.714. The van der Waals surface area contributed by atoms with E-state index in [2.05, 4.69) is 34.0 Å². The maximum Gasteiger partial charge on any atom is 0.434 e. The van der Waals surface area contributed by atoms with Gasteiger partial charge in [0.05, 0.1) is 5.01 Å². The van der Waals surface area contributed by atoms with Gasteiger partial charge in [0.1, 0.15) is 0 Å². The van der Waals surface area contributed by atoms with Crippen LogP contribution in [0, 0.1) is 5.41 Å². The molecule has 22 heavy (non-hydrogen) atoms. The molecule has 2 rings (SSSR count). The van der Waals surface area contributed by atoms with Crippen LogP contribution in [0.5, 0.6) is 0 Å². The van der Waals surface area contributed by atoms with Crippen molar-refractivity contribution in [3.8, 4) is 0 Å². The minimum atomic E-state index is -4.36. The lowest BCUT2D eigenvalue weighted by atomic mass is 9.93. The largest absolute Gasteiger partial charge is 0.434 e. The number of hydrogen-bond acceptors (Lipinski definition) is 3. The second kappa shape index (κ2) is 6.44. The van der Waals surface area contributed by atoms with Gasteiger partial charge in [-0.15, -0.1) is 11.3 Å². The van der Waals surface area contributed by atoms with Gasteiger partial charge in [-0.3, -0.25) is 4.99 Å². The quantitative estimate of drug-likeness (QED) is 0.682. The highest BCUT2D eigenvalue weighted by Gasteiger charge is 2.33. The van der Waals surface area contributed by atoms with Crippen LogP contribution in [0.4, 0.5) is 13.2 Å². The molecule has 0 spiro atoms. The van der Waals surface area contributed by atoms with Crippen molar-refractivity contribution in [3.05, 3.63) is 16.1 Å². The molecule has 0 radical (unpaired) electrons. The van der Waals surface area contributed by atoms with Crippen molar-refractivity contribution in [2.45, 2.75) is 32.9 Å². The molecule has 1 aromatic rings. The molecule has 2 heterocycles. The van der Waals surface area contributed by atoms with Gasteiger partial charge >= 0.3 is 6.18 Å². The van der Waals surface area contributed by atoms with Crippen molar-refractivity contribution >= 4 is 17.3 Å². The lowest BCUT2D eigenvalue weighted by Crippen LogP contribution is -2.41. The van der Waals surface area contributed by atoms with Crippen molar-refractivity contribution in [1.82, 2.24) is 15.2 Å². The molecule has 124 valence electrons. The fourth-order valence-corrected chi connectivity index (χ4v) is 3.27. The van der Waals surface area contributed by atoms with E-state index in [1.54, 1.807) is 7.05 Å². The van der Waals surface area contributed by atoms with E-state index >= 15 is 0 Å². The Morgan fingerprint density at radius 1 is 1.50 bits per heavy atom. The Kier molecular flexibility index (Phi) is 4.99. The zero-order valence-electron chi connectivity index (χ0n) is 13.0. The minimum Gasteiger partial charge on any atom is -0.356 e. The Morgan fingerprint density at radius 2 is 2.23 bits per heavy atom. The maximum atomic E-state index is 12.5. The molecule has 0 atom stereocenters. The van der Waals surface area contributed by atoms with Crippen molar-refractivity contribution in [2.75, 3.05) is 26.7 Å². The standard InChI is InChI=1S/C14H21F3N4S/c1-13(2)5-7-21(9-13)12(18-3)19-6-4-11-20-10(8-22-11)14(15,16)17/h8H,4-7,9H2,1-3H3,(H,18,19). The fourth-order valence-electron chi connectivity index (χ4n) is 2.46. The van der Waals surface area contributed by atoms with Crippen molar-refractivity contribution < 1.29 is 13.2 Å². The number of nitrogens with zero attached hydrogens (tertiary/aromatic N) is 3. The second-order valence-electron chi connectivity index (χ2n) is 6.18. The number of aliphatic imine (C=N–C) groups is 1. The number of nitrogens with one attached hydrogen (secondary N) is 1. The molecule has 1 aliphatic rings. The Bertz CT molecular complexity index is 536. The van der Waals surface area contributed by atoms with Crippen LogP contribution in [0.1, 0.15) is 31.0 Å². The highest BCUT2D eigenvalue weighted by molar-refractivity contribution is 7.09. The third kappa shape index (κ3) is 4.34. The molecule has 0 aliphatic carbocycles. The first-order chi connectivity index (χ1) is 10.2. The smallest absolute Gasteiger partial charge is 0.356 e. The second-order valence-corrected chi connectivity index (χ2v) is 7.13. The molecule has 1 N–H and O–H groups in total. The summed E-state index contributed by atoms with van der Waals surface area (Å²) in [4.78, 5) is 10.1. The minimum absolute atomic E-state index is 0.272. The van der Waals surface area contributed by atoms with Crippen LogP contribution in [-0.4, -0.2) is 42.5 Å². The van der Waals surface area contributed by atoms with Gasteiger partial charge in [0, 0.05) is 38.5 Å². The van der Waals surface area contributed by atoms with Gasteiger partial charge in [0.2, 0.25) is 0 Å². The van der Waals surface area contributed by atoms with Gasteiger partial charge in [-0.05, 0) is 11.8 Å². The zero-order valence-corrected chi connectivity index (χ0v) is 13.8. The van der Waals surface area contributed by atoms with Crippen LogP contribution < -0.4 is 5.32 Å². The van der Waals surface area contributed by atoms with Gasteiger partial charge in [-0.25, -0.2) is 4.98 Å². The first-order valence-electron chi connectivity index (χ1n) is 7.18. The summed E-state index contributed by atoms with van der Waals surface area (Å²) in [6, 6.07) is 0. The molecule has 0 saturated carbocycles. The molecule has 0 amide bonds. The predicted molar refractivity (Wildman–Crippen MR) is 82.2 cm³/mol. The predicted octanol–water partition coefficient (Wildman–Crippen LogP) is 3.01. The summed E-state index contributed by atoms with van der Waals surface area (Å²) in [6.45, 7) is 6.84. The van der Waals surface area contributed by atoms with E-state index in [0.29, 0.717) is 18.0 Å². The number of hydrogen-bond donors (Lipinski definition) is 1. The van der Waals surface area contributed by atoms with Crippen LogP contribution >= 0.6 is 11.3 Å². The number of aromatic nitrogens is 1. The molecule has 0 unspecified atom stereocenters. The van der Waals surface area contributed by atoms with E-state index in [4.69, 9.17) is 0 Å². The highest BCUT2D eigenvalue weighted by atomic mass is 32.1. The molecular weight excluding hydrogens is 313 g/mol. The van der Waals surface area contributed by atoms with E-state index in [-0.39, 0.29) is 5.41 Å². The molecule has 1 aromatic heterocycles. The Morgan fingerprint density at radius 3 is 2.73 bits per heavy atom. The molecule has 0 aromatic carbocycles. The molecule has 4 nitrogen and oxygen atoms in total. The van der Waals surface area contributed by atoms with Crippen LogP contribution in [-0.2, 0) is 12.6 Å². The van der Waals surface area contributed by atoms with Gasteiger partial charge in [-0.1, -0.05) is 13.8 Å². The molecule has 1 saturated heterocycles. The van der Waals surface area contributed by atoms with Crippen molar-refractivity contribution in [1.29, 1.82) is 0 Å². The number of halogens is 3. The average Bonchev–Trinajstić information content (AvgIpc) is 3.01. The van der Waals surface area contributed by atoms with E-state index in [1.165, 1.54) is 0 Å². The number of likely N-dealkylation sites (tertiary alicyclic amines) is 1. The SMILES string of the molecule is CN=C(NCCc1nc(C(F)(F)F)cs1)N1CCC(C)(C)C1. The average molecular weight is 334 g/mol. The van der Waals surface area contributed by atoms with Crippen molar-refractivity contribution in [3.63, 3.8) is 0 Å². The lowest BCUT2D eigenvalue weighted by molar-refractivity contribution is -0.140. The summed E-state index contributed by atoms with van der Waals surface area (Å²) < 4.78 is 37.5. The van der Waals surface area contributed by atoms with E-state index in [0.717, 1.165) is 42.2 Å². The summed E-state index contributed by atoms with van der Waals surface area (Å²) in [7, 11) is 1.72. The molecule has 8 heteroatoms. The third-order valence-electron chi connectivity index (χ3n) is 3.65. The number of thiazole rings is 1. The van der Waals surface area contributed by atoms with E-state index < -0.39 is 11.9 Å². The normalized spacial score (nSPS) is 18.8. The van der Waals surface area contributed by atoms with Gasteiger partial charge in [-0.2, -0.15) is 13.2 Å². The Hall–Kier alpha value is -1.31. The molecular formula is C14H21F3N4S. The summed E-state index contributed by atoms with van der Waals surface area (Å²) in [5.74, 6) is 0.804. The first-order valence-corrected chi connectivity index (χ1v) is 8.06.